The number of aryl methyl sites for hydroxylation is 1. The van der Waals surface area contributed by atoms with E-state index >= 15 is 0 Å². The number of carbonyl (C=O) groups is 2. The zero-order chi connectivity index (χ0) is 14.5. The number of hydrogen-bond donors (Lipinski definition) is 1. The van der Waals surface area contributed by atoms with Crippen molar-refractivity contribution in [1.29, 1.82) is 0 Å². The Morgan fingerprint density at radius 2 is 2.00 bits per heavy atom. The van der Waals surface area contributed by atoms with E-state index in [9.17, 15) is 9.59 Å². The summed E-state index contributed by atoms with van der Waals surface area (Å²) in [6, 6.07) is 7.91. The van der Waals surface area contributed by atoms with Gasteiger partial charge in [-0.15, -0.1) is 0 Å². The van der Waals surface area contributed by atoms with Crippen LogP contribution in [-0.4, -0.2) is 35.0 Å². The van der Waals surface area contributed by atoms with Gasteiger partial charge in [0, 0.05) is 24.0 Å². The lowest BCUT2D eigenvalue weighted by Gasteiger charge is -2.30. The van der Waals surface area contributed by atoms with Gasteiger partial charge in [0.05, 0.1) is 5.92 Å². The van der Waals surface area contributed by atoms with Gasteiger partial charge in [-0.3, -0.25) is 9.59 Å². The average Bonchev–Trinajstić information content (AvgIpc) is 2.46. The van der Waals surface area contributed by atoms with Crippen LogP contribution in [0.4, 0.5) is 0 Å². The summed E-state index contributed by atoms with van der Waals surface area (Å²) in [5.41, 5.74) is 1.12. The number of carbonyl (C=O) groups excluding carboxylic acids is 1. The summed E-state index contributed by atoms with van der Waals surface area (Å²) in [4.78, 5) is 24.8. The molecule has 1 amide bonds. The molecule has 0 radical (unpaired) electrons. The van der Waals surface area contributed by atoms with E-state index in [2.05, 4.69) is 15.9 Å². The number of benzene rings is 1. The van der Waals surface area contributed by atoms with Crippen molar-refractivity contribution in [1.82, 2.24) is 4.90 Å². The third-order valence-corrected chi connectivity index (χ3v) is 4.19. The Morgan fingerprint density at radius 3 is 2.65 bits per heavy atom. The van der Waals surface area contributed by atoms with E-state index in [1.54, 1.807) is 4.90 Å². The molecule has 0 spiro atoms. The minimum atomic E-state index is -0.796. The van der Waals surface area contributed by atoms with Crippen LogP contribution >= 0.6 is 15.9 Å². The fraction of sp³-hybridized carbons (Fsp3) is 0.467. The number of rotatable bonds is 4. The summed E-state index contributed by atoms with van der Waals surface area (Å²) in [6.07, 6.45) is 2.58. The summed E-state index contributed by atoms with van der Waals surface area (Å²) >= 11 is 3.38. The van der Waals surface area contributed by atoms with Crippen LogP contribution in [0, 0.1) is 5.92 Å². The third-order valence-electron chi connectivity index (χ3n) is 3.66. The number of amides is 1. The average molecular weight is 340 g/mol. The highest BCUT2D eigenvalue weighted by Crippen LogP contribution is 2.18. The van der Waals surface area contributed by atoms with Crippen molar-refractivity contribution < 1.29 is 14.7 Å². The molecule has 1 fully saturated rings. The van der Waals surface area contributed by atoms with Crippen LogP contribution in [0.2, 0.25) is 0 Å². The molecule has 20 heavy (non-hydrogen) atoms. The molecule has 0 aromatic heterocycles. The van der Waals surface area contributed by atoms with Crippen LogP contribution in [0.5, 0.6) is 0 Å². The normalized spacial score (nSPS) is 18.9. The van der Waals surface area contributed by atoms with Crippen molar-refractivity contribution in [3.8, 4) is 0 Å². The smallest absolute Gasteiger partial charge is 0.308 e. The van der Waals surface area contributed by atoms with E-state index in [-0.39, 0.29) is 5.91 Å². The lowest BCUT2D eigenvalue weighted by atomic mass is 9.97. The summed E-state index contributed by atoms with van der Waals surface area (Å²) < 4.78 is 1.02. The van der Waals surface area contributed by atoms with Gasteiger partial charge < -0.3 is 10.0 Å². The second-order valence-electron chi connectivity index (χ2n) is 5.14. The van der Waals surface area contributed by atoms with Gasteiger partial charge in [-0.1, -0.05) is 28.1 Å². The van der Waals surface area contributed by atoms with Gasteiger partial charge in [-0.25, -0.2) is 0 Å². The highest BCUT2D eigenvalue weighted by Gasteiger charge is 2.27. The molecule has 1 aromatic carbocycles. The Kier molecular flexibility index (Phi) is 5.17. The molecular weight excluding hydrogens is 322 g/mol. The Hall–Kier alpha value is -1.36. The molecule has 1 N–H and O–H groups in total. The molecule has 1 saturated heterocycles. The third kappa shape index (κ3) is 4.07. The van der Waals surface area contributed by atoms with E-state index < -0.39 is 11.9 Å². The lowest BCUT2D eigenvalue weighted by Crippen LogP contribution is -2.42. The van der Waals surface area contributed by atoms with Crippen molar-refractivity contribution >= 4 is 27.8 Å². The first-order valence-electron chi connectivity index (χ1n) is 6.81. The number of nitrogens with zero attached hydrogens (tertiary/aromatic N) is 1. The predicted octanol–water partition coefficient (Wildman–Crippen LogP) is 2.70. The van der Waals surface area contributed by atoms with Gasteiger partial charge in [0.2, 0.25) is 5.91 Å². The molecule has 0 aliphatic carbocycles. The monoisotopic (exact) mass is 339 g/mol. The molecule has 5 heteroatoms. The van der Waals surface area contributed by atoms with Gasteiger partial charge in [-0.2, -0.15) is 0 Å². The van der Waals surface area contributed by atoms with Gasteiger partial charge >= 0.3 is 5.97 Å². The predicted molar refractivity (Wildman–Crippen MR) is 79.4 cm³/mol. The number of piperidine rings is 1. The fourth-order valence-electron chi connectivity index (χ4n) is 2.47. The molecule has 0 saturated carbocycles. The maximum atomic E-state index is 12.1. The quantitative estimate of drug-likeness (QED) is 0.917. The Morgan fingerprint density at radius 1 is 1.30 bits per heavy atom. The number of hydrogen-bond acceptors (Lipinski definition) is 2. The molecule has 4 nitrogen and oxygen atoms in total. The minimum Gasteiger partial charge on any atom is -0.481 e. The summed E-state index contributed by atoms with van der Waals surface area (Å²) in [7, 11) is 0. The van der Waals surface area contributed by atoms with Crippen LogP contribution in [-0.2, 0) is 16.0 Å². The summed E-state index contributed by atoms with van der Waals surface area (Å²) in [5.74, 6) is -1.14. The lowest BCUT2D eigenvalue weighted by molar-refractivity contribution is -0.145. The number of carboxylic acid groups (broad SMARTS) is 1. The second-order valence-corrected chi connectivity index (χ2v) is 6.06. The highest BCUT2D eigenvalue weighted by molar-refractivity contribution is 9.10. The van der Waals surface area contributed by atoms with Crippen LogP contribution in [0.3, 0.4) is 0 Å². The zero-order valence-corrected chi connectivity index (χ0v) is 12.8. The van der Waals surface area contributed by atoms with Gasteiger partial charge in [0.15, 0.2) is 0 Å². The summed E-state index contributed by atoms with van der Waals surface area (Å²) in [5, 5.41) is 9.03. The minimum absolute atomic E-state index is 0.0545. The van der Waals surface area contributed by atoms with E-state index in [1.165, 1.54) is 0 Å². The molecular formula is C15H18BrNO3. The van der Waals surface area contributed by atoms with Crippen molar-refractivity contribution in [2.24, 2.45) is 5.92 Å². The van der Waals surface area contributed by atoms with E-state index in [1.807, 2.05) is 24.3 Å². The molecule has 1 atom stereocenters. The van der Waals surface area contributed by atoms with Crippen molar-refractivity contribution in [2.45, 2.75) is 25.7 Å². The van der Waals surface area contributed by atoms with Gasteiger partial charge in [-0.05, 0) is 37.0 Å². The first-order chi connectivity index (χ1) is 9.56. The van der Waals surface area contributed by atoms with Crippen LogP contribution in [0.15, 0.2) is 28.7 Å². The first kappa shape index (κ1) is 15.0. The number of aliphatic carboxylic acids is 1. The fourth-order valence-corrected chi connectivity index (χ4v) is 2.73. The topological polar surface area (TPSA) is 57.6 Å². The number of likely N-dealkylation sites (tertiary alicyclic amines) is 1. The van der Waals surface area contributed by atoms with E-state index in [0.29, 0.717) is 32.4 Å². The van der Waals surface area contributed by atoms with Gasteiger partial charge in [0.1, 0.15) is 0 Å². The number of carboxylic acids is 1. The number of halogens is 1. The molecule has 1 heterocycles. The Balaban J connectivity index is 1.85. The summed E-state index contributed by atoms with van der Waals surface area (Å²) in [6.45, 7) is 1.04. The molecule has 1 aromatic rings. The molecule has 108 valence electrons. The van der Waals surface area contributed by atoms with Crippen molar-refractivity contribution in [3.63, 3.8) is 0 Å². The standard InChI is InChI=1S/C15H18BrNO3/c16-13-6-3-11(4-7-13)5-8-14(18)17-9-1-2-12(10-17)15(19)20/h3-4,6-7,12H,1-2,5,8-10H2,(H,19,20)/t12-/m1/s1. The Labute approximate surface area is 126 Å². The van der Waals surface area contributed by atoms with Crippen LogP contribution in [0.1, 0.15) is 24.8 Å². The van der Waals surface area contributed by atoms with Crippen LogP contribution < -0.4 is 0 Å². The van der Waals surface area contributed by atoms with Crippen molar-refractivity contribution in [3.05, 3.63) is 34.3 Å². The van der Waals surface area contributed by atoms with E-state index in [4.69, 9.17) is 5.11 Å². The second kappa shape index (κ2) is 6.88. The first-order valence-corrected chi connectivity index (χ1v) is 7.60. The van der Waals surface area contributed by atoms with Gasteiger partial charge in [0.25, 0.3) is 0 Å². The molecule has 0 unspecified atom stereocenters. The maximum absolute atomic E-state index is 12.1. The van der Waals surface area contributed by atoms with E-state index in [0.717, 1.165) is 16.5 Å². The van der Waals surface area contributed by atoms with Crippen molar-refractivity contribution in [2.75, 3.05) is 13.1 Å². The molecule has 0 bridgehead atoms. The Bertz CT molecular complexity index is 486. The molecule has 1 aliphatic heterocycles. The maximum Gasteiger partial charge on any atom is 0.308 e. The zero-order valence-electron chi connectivity index (χ0n) is 11.2. The highest BCUT2D eigenvalue weighted by atomic mass is 79.9. The largest absolute Gasteiger partial charge is 0.481 e. The molecule has 1 aliphatic rings. The van der Waals surface area contributed by atoms with Crippen LogP contribution in [0.25, 0.3) is 0 Å². The molecule has 2 rings (SSSR count). The SMILES string of the molecule is O=C(O)[C@@H]1CCCN(C(=O)CCc2ccc(Br)cc2)C1.